The normalized spacial score (nSPS) is 13.0. The van der Waals surface area contributed by atoms with Gasteiger partial charge in [0.25, 0.3) is 5.91 Å². The van der Waals surface area contributed by atoms with Gasteiger partial charge in [-0.05, 0) is 29.8 Å². The van der Waals surface area contributed by atoms with Crippen molar-refractivity contribution in [3.8, 4) is 11.5 Å². The van der Waals surface area contributed by atoms with E-state index in [0.29, 0.717) is 30.3 Å². The topological polar surface area (TPSA) is 73.9 Å². The van der Waals surface area contributed by atoms with Crippen molar-refractivity contribution >= 4 is 17.6 Å². The van der Waals surface area contributed by atoms with E-state index in [0.717, 1.165) is 12.1 Å². The van der Waals surface area contributed by atoms with E-state index >= 15 is 0 Å². The predicted molar refractivity (Wildman–Crippen MR) is 92.2 cm³/mol. The van der Waals surface area contributed by atoms with Crippen LogP contribution < -0.4 is 14.8 Å². The molecule has 0 unspecified atom stereocenters. The van der Waals surface area contributed by atoms with Crippen LogP contribution in [0.25, 0.3) is 0 Å². The summed E-state index contributed by atoms with van der Waals surface area (Å²) < 4.78 is 54.4. The zero-order valence-corrected chi connectivity index (χ0v) is 14.5. The molecule has 3 rings (SSSR count). The first kappa shape index (κ1) is 19.5. The minimum absolute atomic E-state index is 0.122. The molecule has 0 saturated carbocycles. The number of alkyl halides is 3. The molecule has 2 aromatic carbocycles. The molecule has 0 spiro atoms. The number of fused-ring (bicyclic) bond motifs is 1. The van der Waals surface area contributed by atoms with Gasteiger partial charge in [0, 0.05) is 0 Å². The van der Waals surface area contributed by atoms with E-state index in [1.54, 1.807) is 18.2 Å². The van der Waals surface area contributed by atoms with Gasteiger partial charge in [-0.25, -0.2) is 0 Å². The van der Waals surface area contributed by atoms with E-state index in [-0.39, 0.29) is 6.42 Å². The van der Waals surface area contributed by atoms with E-state index in [2.05, 4.69) is 5.32 Å². The van der Waals surface area contributed by atoms with Gasteiger partial charge in [-0.3, -0.25) is 9.59 Å². The summed E-state index contributed by atoms with van der Waals surface area (Å²) >= 11 is 0. The summed E-state index contributed by atoms with van der Waals surface area (Å²) in [5.41, 5.74) is -0.786. The molecule has 2 aromatic rings. The van der Waals surface area contributed by atoms with Crippen LogP contribution in [0.15, 0.2) is 42.5 Å². The van der Waals surface area contributed by atoms with Gasteiger partial charge in [-0.2, -0.15) is 13.2 Å². The summed E-state index contributed by atoms with van der Waals surface area (Å²) in [6.07, 6.45) is -4.73. The molecule has 1 heterocycles. The van der Waals surface area contributed by atoms with Crippen LogP contribution in [0.1, 0.15) is 11.1 Å². The molecule has 0 aliphatic carbocycles. The average molecular weight is 395 g/mol. The summed E-state index contributed by atoms with van der Waals surface area (Å²) in [5.74, 6) is -0.479. The standard InChI is InChI=1S/C19H16F3NO5/c20-19(21,22)13-3-1-2-4-14(13)23-17(24)11-28-18(25)10-12-5-6-15-16(9-12)27-8-7-26-15/h1-6,9H,7-8,10-11H2,(H,23,24). The van der Waals surface area contributed by atoms with Gasteiger partial charge in [0.1, 0.15) is 13.2 Å². The fourth-order valence-corrected chi connectivity index (χ4v) is 2.59. The van der Waals surface area contributed by atoms with E-state index in [1.807, 2.05) is 0 Å². The molecule has 0 saturated heterocycles. The maximum absolute atomic E-state index is 12.9. The van der Waals surface area contributed by atoms with Gasteiger partial charge in [0.05, 0.1) is 17.7 Å². The largest absolute Gasteiger partial charge is 0.486 e. The third-order valence-electron chi connectivity index (χ3n) is 3.83. The molecule has 0 bridgehead atoms. The van der Waals surface area contributed by atoms with Crippen molar-refractivity contribution in [3.63, 3.8) is 0 Å². The van der Waals surface area contributed by atoms with Crippen molar-refractivity contribution in [1.29, 1.82) is 0 Å². The smallest absolute Gasteiger partial charge is 0.418 e. The van der Waals surface area contributed by atoms with E-state index in [9.17, 15) is 22.8 Å². The number of carbonyl (C=O) groups excluding carboxylic acids is 2. The molecule has 9 heteroatoms. The molecule has 6 nitrogen and oxygen atoms in total. The Kier molecular flexibility index (Phi) is 5.72. The van der Waals surface area contributed by atoms with E-state index in [1.165, 1.54) is 12.1 Å². The monoisotopic (exact) mass is 395 g/mol. The van der Waals surface area contributed by atoms with E-state index < -0.39 is 35.9 Å². The highest BCUT2D eigenvalue weighted by Gasteiger charge is 2.33. The highest BCUT2D eigenvalue weighted by atomic mass is 19.4. The number of anilines is 1. The number of carbonyl (C=O) groups is 2. The molecule has 0 aromatic heterocycles. The Morgan fingerprint density at radius 3 is 2.50 bits per heavy atom. The second kappa shape index (κ2) is 8.20. The zero-order chi connectivity index (χ0) is 20.1. The number of nitrogens with one attached hydrogen (secondary N) is 1. The third-order valence-corrected chi connectivity index (χ3v) is 3.83. The van der Waals surface area contributed by atoms with Crippen LogP contribution in [0.3, 0.4) is 0 Å². The highest BCUT2D eigenvalue weighted by molar-refractivity contribution is 5.93. The summed E-state index contributed by atoms with van der Waals surface area (Å²) in [5, 5.41) is 2.10. The van der Waals surface area contributed by atoms with Gasteiger partial charge >= 0.3 is 12.1 Å². The number of para-hydroxylation sites is 1. The molecular formula is C19H16F3NO5. The second-order valence-corrected chi connectivity index (χ2v) is 5.91. The lowest BCUT2D eigenvalue weighted by atomic mass is 10.1. The molecule has 148 valence electrons. The Balaban J connectivity index is 1.53. The lowest BCUT2D eigenvalue weighted by Crippen LogP contribution is -2.23. The average Bonchev–Trinajstić information content (AvgIpc) is 2.66. The SMILES string of the molecule is O=C(COC(=O)Cc1ccc2c(c1)OCCO2)Nc1ccccc1C(F)(F)F. The highest BCUT2D eigenvalue weighted by Crippen LogP contribution is 2.34. The number of hydrogen-bond donors (Lipinski definition) is 1. The third kappa shape index (κ3) is 4.93. The number of rotatable bonds is 5. The number of benzene rings is 2. The maximum atomic E-state index is 12.9. The summed E-state index contributed by atoms with van der Waals surface area (Å²) in [6, 6.07) is 9.51. The van der Waals surface area contributed by atoms with Gasteiger partial charge in [-0.15, -0.1) is 0 Å². The molecule has 1 aliphatic heterocycles. The van der Waals surface area contributed by atoms with E-state index in [4.69, 9.17) is 14.2 Å². The molecule has 0 fully saturated rings. The number of halogens is 3. The predicted octanol–water partition coefficient (Wildman–Crippen LogP) is 3.20. The minimum atomic E-state index is -4.61. The Morgan fingerprint density at radius 1 is 1.04 bits per heavy atom. The lowest BCUT2D eigenvalue weighted by Gasteiger charge is -2.18. The van der Waals surface area contributed by atoms with Crippen LogP contribution in [0.4, 0.5) is 18.9 Å². The van der Waals surface area contributed by atoms with Crippen LogP contribution in [0.2, 0.25) is 0 Å². The Bertz CT molecular complexity index is 882. The first-order valence-corrected chi connectivity index (χ1v) is 8.33. The summed E-state index contributed by atoms with van der Waals surface area (Å²) in [6.45, 7) is 0.150. The van der Waals surface area contributed by atoms with Gasteiger partial charge in [-0.1, -0.05) is 18.2 Å². The molecule has 1 aliphatic rings. The Labute approximate surface area is 158 Å². The molecule has 1 amide bonds. The fourth-order valence-electron chi connectivity index (χ4n) is 2.59. The van der Waals surface area contributed by atoms with Crippen molar-refractivity contribution in [1.82, 2.24) is 0 Å². The van der Waals surface area contributed by atoms with Crippen LogP contribution >= 0.6 is 0 Å². The molecule has 1 N–H and O–H groups in total. The quantitative estimate of drug-likeness (QED) is 0.787. The van der Waals surface area contributed by atoms with Gasteiger partial charge in [0.2, 0.25) is 0 Å². The van der Waals surface area contributed by atoms with Gasteiger partial charge in [0.15, 0.2) is 18.1 Å². The van der Waals surface area contributed by atoms with Crippen molar-refractivity contribution in [3.05, 3.63) is 53.6 Å². The Morgan fingerprint density at radius 2 is 1.75 bits per heavy atom. The van der Waals surface area contributed by atoms with Crippen LogP contribution in [-0.4, -0.2) is 31.7 Å². The summed E-state index contributed by atoms with van der Waals surface area (Å²) in [4.78, 5) is 23.8. The number of esters is 1. The van der Waals surface area contributed by atoms with Crippen LogP contribution in [0.5, 0.6) is 11.5 Å². The van der Waals surface area contributed by atoms with Crippen LogP contribution in [-0.2, 0) is 26.9 Å². The number of ether oxygens (including phenoxy) is 3. The fraction of sp³-hybridized carbons (Fsp3) is 0.263. The number of amides is 1. The Hall–Kier alpha value is -3.23. The van der Waals surface area contributed by atoms with Crippen molar-refractivity contribution < 1.29 is 37.0 Å². The zero-order valence-electron chi connectivity index (χ0n) is 14.5. The lowest BCUT2D eigenvalue weighted by molar-refractivity contribution is -0.146. The summed E-state index contributed by atoms with van der Waals surface area (Å²) in [7, 11) is 0. The molecule has 28 heavy (non-hydrogen) atoms. The van der Waals surface area contributed by atoms with Crippen molar-refractivity contribution in [2.45, 2.75) is 12.6 Å². The minimum Gasteiger partial charge on any atom is -0.486 e. The number of hydrogen-bond acceptors (Lipinski definition) is 5. The van der Waals surface area contributed by atoms with Crippen molar-refractivity contribution in [2.75, 3.05) is 25.1 Å². The second-order valence-electron chi connectivity index (χ2n) is 5.91. The van der Waals surface area contributed by atoms with Gasteiger partial charge < -0.3 is 19.5 Å². The molecule has 0 atom stereocenters. The van der Waals surface area contributed by atoms with Crippen LogP contribution in [0, 0.1) is 0 Å². The first-order chi connectivity index (χ1) is 13.3. The first-order valence-electron chi connectivity index (χ1n) is 8.33. The molecule has 0 radical (unpaired) electrons. The van der Waals surface area contributed by atoms with Crippen molar-refractivity contribution in [2.24, 2.45) is 0 Å². The maximum Gasteiger partial charge on any atom is 0.418 e. The molecular weight excluding hydrogens is 379 g/mol.